The number of hydrogen-bond acceptors (Lipinski definition) is 6. The zero-order chi connectivity index (χ0) is 14.7. The van der Waals surface area contributed by atoms with E-state index in [9.17, 15) is 13.6 Å². The first kappa shape index (κ1) is 13.8. The third-order valence-corrected chi connectivity index (χ3v) is 2.38. The molecule has 0 amide bonds. The molecule has 0 aromatic carbocycles. The predicted molar refractivity (Wildman–Crippen MR) is 62.4 cm³/mol. The SMILES string of the molecule is COC(=O)c1cc(-c2nccc(OC)n2)nn1C(F)F. The number of ether oxygens (including phenoxy) is 2. The molecule has 2 rings (SSSR count). The number of esters is 1. The highest BCUT2D eigenvalue weighted by Crippen LogP contribution is 2.21. The molecule has 106 valence electrons. The minimum atomic E-state index is -2.98. The van der Waals surface area contributed by atoms with Crippen molar-refractivity contribution >= 4 is 5.97 Å². The summed E-state index contributed by atoms with van der Waals surface area (Å²) in [7, 11) is 2.50. The maximum atomic E-state index is 12.8. The summed E-state index contributed by atoms with van der Waals surface area (Å²) >= 11 is 0. The smallest absolute Gasteiger partial charge is 0.356 e. The number of alkyl halides is 2. The molecule has 0 saturated carbocycles. The van der Waals surface area contributed by atoms with Gasteiger partial charge in [-0.3, -0.25) is 0 Å². The first-order valence-corrected chi connectivity index (χ1v) is 5.40. The van der Waals surface area contributed by atoms with Crippen molar-refractivity contribution in [2.75, 3.05) is 14.2 Å². The molecule has 2 aromatic heterocycles. The van der Waals surface area contributed by atoms with Crippen LogP contribution in [0.5, 0.6) is 5.88 Å². The van der Waals surface area contributed by atoms with Gasteiger partial charge >= 0.3 is 12.5 Å². The van der Waals surface area contributed by atoms with Gasteiger partial charge in [-0.25, -0.2) is 9.78 Å². The van der Waals surface area contributed by atoms with Crippen LogP contribution in [0.25, 0.3) is 11.5 Å². The number of halogens is 2. The Hall–Kier alpha value is -2.58. The molecule has 2 aromatic rings. The lowest BCUT2D eigenvalue weighted by Crippen LogP contribution is -2.12. The Morgan fingerprint density at radius 1 is 1.40 bits per heavy atom. The summed E-state index contributed by atoms with van der Waals surface area (Å²) in [5, 5.41) is 3.61. The number of methoxy groups -OCH3 is 2. The molecule has 0 aliphatic heterocycles. The van der Waals surface area contributed by atoms with Crippen molar-refractivity contribution in [2.24, 2.45) is 0 Å². The van der Waals surface area contributed by atoms with E-state index in [1.807, 2.05) is 0 Å². The normalized spacial score (nSPS) is 10.7. The van der Waals surface area contributed by atoms with Gasteiger partial charge in [0, 0.05) is 18.3 Å². The van der Waals surface area contributed by atoms with Gasteiger partial charge in [0.15, 0.2) is 11.5 Å². The van der Waals surface area contributed by atoms with Crippen LogP contribution in [-0.2, 0) is 4.74 Å². The van der Waals surface area contributed by atoms with Gasteiger partial charge in [0.05, 0.1) is 14.2 Å². The number of rotatable bonds is 4. The van der Waals surface area contributed by atoms with Gasteiger partial charge in [-0.2, -0.15) is 23.5 Å². The van der Waals surface area contributed by atoms with Crippen molar-refractivity contribution < 1.29 is 23.0 Å². The molecule has 2 heterocycles. The highest BCUT2D eigenvalue weighted by atomic mass is 19.3. The number of aromatic nitrogens is 4. The van der Waals surface area contributed by atoms with E-state index < -0.39 is 12.5 Å². The van der Waals surface area contributed by atoms with E-state index in [-0.39, 0.29) is 27.8 Å². The fraction of sp³-hybridized carbons (Fsp3) is 0.273. The second-order valence-electron chi connectivity index (χ2n) is 3.55. The molecule has 0 radical (unpaired) electrons. The fourth-order valence-electron chi connectivity index (χ4n) is 1.49. The van der Waals surface area contributed by atoms with E-state index in [1.54, 1.807) is 0 Å². The lowest BCUT2D eigenvalue weighted by atomic mass is 10.3. The first-order chi connectivity index (χ1) is 9.56. The topological polar surface area (TPSA) is 79.1 Å². The number of nitrogens with zero attached hydrogens (tertiary/aromatic N) is 4. The maximum absolute atomic E-state index is 12.8. The third-order valence-electron chi connectivity index (χ3n) is 2.38. The molecule has 9 heteroatoms. The summed E-state index contributed by atoms with van der Waals surface area (Å²) in [5.74, 6) is -0.609. The van der Waals surface area contributed by atoms with Gasteiger partial charge < -0.3 is 9.47 Å². The maximum Gasteiger partial charge on any atom is 0.356 e. The van der Waals surface area contributed by atoms with Crippen molar-refractivity contribution in [1.82, 2.24) is 19.7 Å². The van der Waals surface area contributed by atoms with Crippen LogP contribution >= 0.6 is 0 Å². The molecule has 0 aliphatic carbocycles. The lowest BCUT2D eigenvalue weighted by molar-refractivity contribution is 0.0398. The van der Waals surface area contributed by atoms with Crippen molar-refractivity contribution in [2.45, 2.75) is 6.55 Å². The van der Waals surface area contributed by atoms with E-state index in [1.165, 1.54) is 19.4 Å². The van der Waals surface area contributed by atoms with Crippen molar-refractivity contribution in [1.29, 1.82) is 0 Å². The molecule has 0 atom stereocenters. The van der Waals surface area contributed by atoms with Crippen LogP contribution in [-0.4, -0.2) is 39.9 Å². The first-order valence-electron chi connectivity index (χ1n) is 5.40. The van der Waals surface area contributed by atoms with Crippen molar-refractivity contribution in [3.63, 3.8) is 0 Å². The molecule has 0 aliphatic rings. The van der Waals surface area contributed by atoms with Gasteiger partial charge in [0.2, 0.25) is 5.88 Å². The minimum Gasteiger partial charge on any atom is -0.481 e. The van der Waals surface area contributed by atoms with E-state index in [0.29, 0.717) is 0 Å². The summed E-state index contributed by atoms with van der Waals surface area (Å²) in [6.45, 7) is -2.98. The van der Waals surface area contributed by atoms with Crippen LogP contribution in [0, 0.1) is 0 Å². The predicted octanol–water partition coefficient (Wildman–Crippen LogP) is 1.53. The summed E-state index contributed by atoms with van der Waals surface area (Å²) in [5.41, 5.74) is -0.367. The summed E-state index contributed by atoms with van der Waals surface area (Å²) < 4.78 is 35.2. The van der Waals surface area contributed by atoms with Crippen LogP contribution in [0.15, 0.2) is 18.3 Å². The highest BCUT2D eigenvalue weighted by Gasteiger charge is 2.23. The molecular formula is C11H10F2N4O3. The number of carbonyl (C=O) groups excluding carboxylic acids is 1. The second-order valence-corrected chi connectivity index (χ2v) is 3.55. The van der Waals surface area contributed by atoms with Crippen LogP contribution in [0.4, 0.5) is 8.78 Å². The van der Waals surface area contributed by atoms with Crippen LogP contribution in [0.3, 0.4) is 0 Å². The number of carbonyl (C=O) groups is 1. The van der Waals surface area contributed by atoms with Crippen LogP contribution in [0.1, 0.15) is 17.0 Å². The van der Waals surface area contributed by atoms with Gasteiger partial charge in [-0.05, 0) is 0 Å². The third kappa shape index (κ3) is 2.56. The molecule has 0 unspecified atom stereocenters. The standard InChI is InChI=1S/C11H10F2N4O3/c1-19-8-3-4-14-9(15-8)6-5-7(10(18)20-2)17(16-6)11(12)13/h3-5,11H,1-2H3. The Balaban J connectivity index is 2.49. The summed E-state index contributed by atoms with van der Waals surface area (Å²) in [6, 6.07) is 2.63. The average molecular weight is 284 g/mol. The molecule has 0 bridgehead atoms. The Bertz CT molecular complexity index is 630. The minimum absolute atomic E-state index is 0.0181. The quantitative estimate of drug-likeness (QED) is 0.792. The fourth-order valence-corrected chi connectivity index (χ4v) is 1.49. The average Bonchev–Trinajstić information content (AvgIpc) is 2.92. The Kier molecular flexibility index (Phi) is 3.87. The molecular weight excluding hydrogens is 274 g/mol. The van der Waals surface area contributed by atoms with Gasteiger partial charge in [0.1, 0.15) is 5.69 Å². The molecule has 0 spiro atoms. The Morgan fingerprint density at radius 3 is 2.75 bits per heavy atom. The van der Waals surface area contributed by atoms with Crippen LogP contribution in [0.2, 0.25) is 0 Å². The second kappa shape index (κ2) is 5.59. The molecule has 0 N–H and O–H groups in total. The van der Waals surface area contributed by atoms with Gasteiger partial charge in [-0.15, -0.1) is 0 Å². The number of hydrogen-bond donors (Lipinski definition) is 0. The van der Waals surface area contributed by atoms with E-state index in [2.05, 4.69) is 19.8 Å². The Morgan fingerprint density at radius 2 is 2.15 bits per heavy atom. The zero-order valence-corrected chi connectivity index (χ0v) is 10.6. The summed E-state index contributed by atoms with van der Waals surface area (Å²) in [6.07, 6.45) is 1.39. The summed E-state index contributed by atoms with van der Waals surface area (Å²) in [4.78, 5) is 19.3. The largest absolute Gasteiger partial charge is 0.481 e. The van der Waals surface area contributed by atoms with E-state index >= 15 is 0 Å². The van der Waals surface area contributed by atoms with Crippen molar-refractivity contribution in [3.05, 3.63) is 24.0 Å². The van der Waals surface area contributed by atoms with Gasteiger partial charge in [0.25, 0.3) is 0 Å². The molecule has 20 heavy (non-hydrogen) atoms. The molecule has 0 saturated heterocycles. The highest BCUT2D eigenvalue weighted by molar-refractivity contribution is 5.88. The van der Waals surface area contributed by atoms with E-state index in [0.717, 1.165) is 13.2 Å². The monoisotopic (exact) mass is 284 g/mol. The molecule has 0 fully saturated rings. The lowest BCUT2D eigenvalue weighted by Gasteiger charge is -2.02. The molecule has 7 nitrogen and oxygen atoms in total. The zero-order valence-electron chi connectivity index (χ0n) is 10.6. The van der Waals surface area contributed by atoms with Crippen LogP contribution < -0.4 is 4.74 Å². The van der Waals surface area contributed by atoms with Gasteiger partial charge in [-0.1, -0.05) is 0 Å². The van der Waals surface area contributed by atoms with E-state index in [4.69, 9.17) is 4.74 Å². The Labute approximate surface area is 112 Å². The van der Waals surface area contributed by atoms with Crippen molar-refractivity contribution in [3.8, 4) is 17.4 Å².